The van der Waals surface area contributed by atoms with E-state index in [0.717, 1.165) is 37.0 Å². The number of carbonyl (C=O) groups is 1. The minimum atomic E-state index is -0.215. The van der Waals surface area contributed by atoms with E-state index in [9.17, 15) is 4.79 Å². The predicted octanol–water partition coefficient (Wildman–Crippen LogP) is 1.61. The molecule has 3 heterocycles. The Morgan fingerprint density at radius 1 is 1.33 bits per heavy atom. The van der Waals surface area contributed by atoms with Crippen LogP contribution < -0.4 is 20.9 Å². The molecule has 0 radical (unpaired) electrons. The molecule has 3 N–H and O–H groups in total. The molecule has 0 aromatic carbocycles. The lowest BCUT2D eigenvalue weighted by Crippen LogP contribution is -2.36. The van der Waals surface area contributed by atoms with Crippen LogP contribution in [-0.2, 0) is 4.74 Å². The highest BCUT2D eigenvalue weighted by Crippen LogP contribution is 2.17. The zero-order chi connectivity index (χ0) is 16.6. The zero-order valence-electron chi connectivity index (χ0n) is 13.2. The molecule has 1 saturated heterocycles. The molecule has 0 spiro atoms. The van der Waals surface area contributed by atoms with Crippen molar-refractivity contribution in [3.8, 4) is 0 Å². The van der Waals surface area contributed by atoms with Crippen LogP contribution in [0.2, 0.25) is 0 Å². The fourth-order valence-corrected chi connectivity index (χ4v) is 2.92. The fraction of sp³-hybridized carbons (Fsp3) is 0.400. The maximum atomic E-state index is 11.7. The number of rotatable bonds is 6. The summed E-state index contributed by atoms with van der Waals surface area (Å²) in [5.74, 6) is 0.694. The van der Waals surface area contributed by atoms with E-state index in [4.69, 9.17) is 4.74 Å². The molecular weight excluding hydrogens is 328 g/mol. The maximum Gasteiger partial charge on any atom is 0.319 e. The number of thiophene rings is 1. The molecule has 1 fully saturated rings. The summed E-state index contributed by atoms with van der Waals surface area (Å²) in [6.45, 7) is 4.23. The Morgan fingerprint density at radius 3 is 3.00 bits per heavy atom. The number of amides is 2. The van der Waals surface area contributed by atoms with Gasteiger partial charge >= 0.3 is 6.03 Å². The van der Waals surface area contributed by atoms with Crippen LogP contribution in [0.15, 0.2) is 29.8 Å². The van der Waals surface area contributed by atoms with Crippen molar-refractivity contribution in [3.05, 3.63) is 29.8 Å². The summed E-state index contributed by atoms with van der Waals surface area (Å²) < 4.78 is 5.35. The van der Waals surface area contributed by atoms with Crippen LogP contribution in [0.4, 0.5) is 21.3 Å². The first-order chi connectivity index (χ1) is 11.8. The van der Waals surface area contributed by atoms with Crippen LogP contribution in [0.5, 0.6) is 0 Å². The van der Waals surface area contributed by atoms with Gasteiger partial charge in [-0.3, -0.25) is 5.32 Å². The molecule has 1 aliphatic heterocycles. The van der Waals surface area contributed by atoms with Crippen molar-refractivity contribution in [2.45, 2.75) is 0 Å². The van der Waals surface area contributed by atoms with Crippen molar-refractivity contribution in [2.75, 3.05) is 54.9 Å². The second kappa shape index (κ2) is 8.46. The molecular formula is C15H20N6O2S. The van der Waals surface area contributed by atoms with Crippen molar-refractivity contribution in [1.82, 2.24) is 15.5 Å². The number of hydrogen-bond donors (Lipinski definition) is 3. The smallest absolute Gasteiger partial charge is 0.319 e. The van der Waals surface area contributed by atoms with E-state index in [1.807, 2.05) is 23.6 Å². The first kappa shape index (κ1) is 16.5. The van der Waals surface area contributed by atoms with Crippen LogP contribution in [0.25, 0.3) is 0 Å². The summed E-state index contributed by atoms with van der Waals surface area (Å²) in [5.41, 5.74) is 1.03. The lowest BCUT2D eigenvalue weighted by molar-refractivity contribution is 0.122. The topological polar surface area (TPSA) is 91.4 Å². The van der Waals surface area contributed by atoms with Gasteiger partial charge in [0, 0.05) is 32.2 Å². The van der Waals surface area contributed by atoms with Crippen molar-refractivity contribution in [1.29, 1.82) is 0 Å². The molecule has 2 aromatic heterocycles. The van der Waals surface area contributed by atoms with Crippen LogP contribution in [0.3, 0.4) is 0 Å². The number of anilines is 3. The normalized spacial score (nSPS) is 14.2. The van der Waals surface area contributed by atoms with E-state index in [-0.39, 0.29) is 6.03 Å². The number of urea groups is 1. The highest BCUT2D eigenvalue weighted by atomic mass is 32.1. The average Bonchev–Trinajstić information content (AvgIpc) is 3.13. The minimum Gasteiger partial charge on any atom is -0.378 e. The quantitative estimate of drug-likeness (QED) is 0.687. The standard InChI is InChI=1S/C15H20N6O2S/c22-15(19-14-2-1-9-24-14)17-4-3-16-13-10-12(11-18-20-13)21-5-7-23-8-6-21/h1-2,9-11H,3-8H2,(H,16,20)(H2,17,19,22). The maximum absolute atomic E-state index is 11.7. The molecule has 1 aliphatic rings. The third-order valence-corrected chi connectivity index (χ3v) is 4.28. The van der Waals surface area contributed by atoms with Crippen molar-refractivity contribution >= 4 is 33.9 Å². The summed E-state index contributed by atoms with van der Waals surface area (Å²) in [5, 5.41) is 19.6. The van der Waals surface area contributed by atoms with Crippen LogP contribution in [-0.4, -0.2) is 55.6 Å². The Morgan fingerprint density at radius 2 is 2.21 bits per heavy atom. The highest BCUT2D eigenvalue weighted by molar-refractivity contribution is 7.14. The Kier molecular flexibility index (Phi) is 5.80. The summed E-state index contributed by atoms with van der Waals surface area (Å²) in [6.07, 6.45) is 1.75. The molecule has 9 heteroatoms. The van der Waals surface area contributed by atoms with Gasteiger partial charge in [-0.1, -0.05) is 0 Å². The van der Waals surface area contributed by atoms with E-state index in [2.05, 4.69) is 31.0 Å². The van der Waals surface area contributed by atoms with Gasteiger partial charge in [0.05, 0.1) is 30.1 Å². The second-order valence-electron chi connectivity index (χ2n) is 5.18. The third-order valence-electron chi connectivity index (χ3n) is 3.49. The minimum absolute atomic E-state index is 0.215. The Balaban J connectivity index is 1.40. The first-order valence-corrected chi connectivity index (χ1v) is 8.67. The van der Waals surface area contributed by atoms with Gasteiger partial charge in [0.2, 0.25) is 0 Å². The van der Waals surface area contributed by atoms with E-state index >= 15 is 0 Å². The zero-order valence-corrected chi connectivity index (χ0v) is 14.0. The summed E-state index contributed by atoms with van der Waals surface area (Å²) in [4.78, 5) is 13.9. The number of ether oxygens (including phenoxy) is 1. The second-order valence-corrected chi connectivity index (χ2v) is 6.13. The number of morpholine rings is 1. The average molecular weight is 348 g/mol. The van der Waals surface area contributed by atoms with E-state index in [0.29, 0.717) is 18.9 Å². The monoisotopic (exact) mass is 348 g/mol. The van der Waals surface area contributed by atoms with Gasteiger partial charge in [-0.2, -0.15) is 5.10 Å². The lowest BCUT2D eigenvalue weighted by atomic mass is 10.3. The van der Waals surface area contributed by atoms with Gasteiger partial charge in [-0.05, 0) is 17.5 Å². The molecule has 0 bridgehead atoms. The number of carbonyl (C=O) groups excluding carboxylic acids is 1. The van der Waals surface area contributed by atoms with Crippen LogP contribution in [0, 0.1) is 0 Å². The molecule has 0 aliphatic carbocycles. The molecule has 24 heavy (non-hydrogen) atoms. The third kappa shape index (κ3) is 4.80. The first-order valence-electron chi connectivity index (χ1n) is 7.79. The molecule has 8 nitrogen and oxygen atoms in total. The van der Waals surface area contributed by atoms with E-state index in [1.54, 1.807) is 6.20 Å². The van der Waals surface area contributed by atoms with Gasteiger partial charge in [0.25, 0.3) is 0 Å². The molecule has 2 aromatic rings. The van der Waals surface area contributed by atoms with Gasteiger partial charge in [0.1, 0.15) is 0 Å². The lowest BCUT2D eigenvalue weighted by Gasteiger charge is -2.28. The van der Waals surface area contributed by atoms with Crippen molar-refractivity contribution in [2.24, 2.45) is 0 Å². The van der Waals surface area contributed by atoms with Crippen molar-refractivity contribution < 1.29 is 9.53 Å². The molecule has 0 saturated carbocycles. The molecule has 0 unspecified atom stereocenters. The van der Waals surface area contributed by atoms with Gasteiger partial charge in [0.15, 0.2) is 5.82 Å². The van der Waals surface area contributed by atoms with Crippen LogP contribution >= 0.6 is 11.3 Å². The number of hydrogen-bond acceptors (Lipinski definition) is 7. The highest BCUT2D eigenvalue weighted by Gasteiger charge is 2.12. The fourth-order valence-electron chi connectivity index (χ4n) is 2.31. The number of aromatic nitrogens is 2. The SMILES string of the molecule is O=C(NCCNc1cc(N2CCOCC2)cnn1)Nc1cccs1. The predicted molar refractivity (Wildman–Crippen MR) is 94.9 cm³/mol. The summed E-state index contributed by atoms with van der Waals surface area (Å²) in [7, 11) is 0. The molecule has 2 amide bonds. The van der Waals surface area contributed by atoms with Gasteiger partial charge < -0.3 is 20.3 Å². The molecule has 0 atom stereocenters. The molecule has 3 rings (SSSR count). The van der Waals surface area contributed by atoms with E-state index < -0.39 is 0 Å². The Hall–Kier alpha value is -2.39. The van der Waals surface area contributed by atoms with Gasteiger partial charge in [-0.15, -0.1) is 16.4 Å². The summed E-state index contributed by atoms with van der Waals surface area (Å²) in [6, 6.07) is 5.49. The Bertz CT molecular complexity index is 645. The number of nitrogens with one attached hydrogen (secondary N) is 3. The van der Waals surface area contributed by atoms with Crippen LogP contribution in [0.1, 0.15) is 0 Å². The summed E-state index contributed by atoms with van der Waals surface area (Å²) >= 11 is 1.48. The number of nitrogens with zero attached hydrogens (tertiary/aromatic N) is 3. The largest absolute Gasteiger partial charge is 0.378 e. The Labute approximate surface area is 144 Å². The van der Waals surface area contributed by atoms with Crippen molar-refractivity contribution in [3.63, 3.8) is 0 Å². The van der Waals surface area contributed by atoms with E-state index in [1.165, 1.54) is 11.3 Å². The van der Waals surface area contributed by atoms with Gasteiger partial charge in [-0.25, -0.2) is 4.79 Å². The molecule has 128 valence electrons.